The van der Waals surface area contributed by atoms with E-state index in [0.29, 0.717) is 16.6 Å². The lowest BCUT2D eigenvalue weighted by Gasteiger charge is -2.09. The first kappa shape index (κ1) is 8.68. The third kappa shape index (κ3) is 0.863. The summed E-state index contributed by atoms with van der Waals surface area (Å²) in [6.45, 7) is 3.66. The Labute approximate surface area is 80.9 Å². The minimum Gasteiger partial charge on any atom is -0.507 e. The lowest BCUT2D eigenvalue weighted by molar-refractivity contribution is 0.477. The standard InChI is InChI=1S/C9H12N4O/c1-4-5(2)9(14)6-3-12-13(11)8(6)7(4)10/h3,14H,10-11H2,1-2H3. The Balaban J connectivity index is 3.05. The topological polar surface area (TPSA) is 90.1 Å². The Hall–Kier alpha value is -1.91. The number of hydrogen-bond donors (Lipinski definition) is 3. The number of phenolic OH excluding ortho intramolecular Hbond substituents is 1. The second-order valence-corrected chi connectivity index (χ2v) is 3.36. The number of fused-ring (bicyclic) bond motifs is 1. The number of anilines is 1. The van der Waals surface area contributed by atoms with Crippen LogP contribution in [0.25, 0.3) is 10.9 Å². The highest BCUT2D eigenvalue weighted by molar-refractivity contribution is 5.97. The second kappa shape index (κ2) is 2.54. The van der Waals surface area contributed by atoms with Crippen LogP contribution in [0, 0.1) is 13.8 Å². The van der Waals surface area contributed by atoms with Crippen LogP contribution in [0.5, 0.6) is 5.75 Å². The fraction of sp³-hybridized carbons (Fsp3) is 0.222. The lowest BCUT2D eigenvalue weighted by Crippen LogP contribution is -2.11. The number of benzene rings is 1. The molecule has 0 spiro atoms. The van der Waals surface area contributed by atoms with Crippen LogP contribution >= 0.6 is 0 Å². The van der Waals surface area contributed by atoms with Crippen molar-refractivity contribution in [3.05, 3.63) is 17.3 Å². The van der Waals surface area contributed by atoms with Crippen molar-refractivity contribution in [1.82, 2.24) is 9.89 Å². The van der Waals surface area contributed by atoms with E-state index in [0.717, 1.165) is 11.1 Å². The van der Waals surface area contributed by atoms with E-state index >= 15 is 0 Å². The third-order valence-electron chi connectivity index (χ3n) is 2.63. The average Bonchev–Trinajstić information content (AvgIpc) is 2.54. The number of nitrogens with zero attached hydrogens (tertiary/aromatic N) is 2. The number of hydrogen-bond acceptors (Lipinski definition) is 4. The maximum Gasteiger partial charge on any atom is 0.129 e. The molecule has 0 bridgehead atoms. The molecule has 0 aliphatic carbocycles. The van der Waals surface area contributed by atoms with Crippen molar-refractivity contribution in [3.63, 3.8) is 0 Å². The summed E-state index contributed by atoms with van der Waals surface area (Å²) < 4.78 is 0. The summed E-state index contributed by atoms with van der Waals surface area (Å²) in [6.07, 6.45) is 1.51. The van der Waals surface area contributed by atoms with Crippen LogP contribution in [0.4, 0.5) is 5.69 Å². The molecule has 0 unspecified atom stereocenters. The quantitative estimate of drug-likeness (QED) is 0.325. The molecule has 2 aromatic rings. The first-order valence-corrected chi connectivity index (χ1v) is 4.24. The van der Waals surface area contributed by atoms with Gasteiger partial charge in [-0.25, -0.2) is 0 Å². The molecule has 0 atom stereocenters. The van der Waals surface area contributed by atoms with Gasteiger partial charge in [-0.1, -0.05) is 0 Å². The van der Waals surface area contributed by atoms with Gasteiger partial charge in [0, 0.05) is 0 Å². The Morgan fingerprint density at radius 3 is 2.64 bits per heavy atom. The van der Waals surface area contributed by atoms with Crippen LogP contribution in [-0.2, 0) is 0 Å². The van der Waals surface area contributed by atoms with Gasteiger partial charge in [-0.3, -0.25) is 0 Å². The van der Waals surface area contributed by atoms with Gasteiger partial charge in [0.1, 0.15) is 11.3 Å². The summed E-state index contributed by atoms with van der Waals surface area (Å²) in [7, 11) is 0. The highest BCUT2D eigenvalue weighted by Crippen LogP contribution is 2.35. The first-order valence-electron chi connectivity index (χ1n) is 4.24. The Morgan fingerprint density at radius 1 is 1.36 bits per heavy atom. The number of nitrogen functional groups attached to an aromatic ring is 2. The van der Waals surface area contributed by atoms with Gasteiger partial charge >= 0.3 is 0 Å². The molecule has 5 heteroatoms. The van der Waals surface area contributed by atoms with Crippen LogP contribution in [-0.4, -0.2) is 15.0 Å². The van der Waals surface area contributed by atoms with Crippen LogP contribution in [0.15, 0.2) is 6.20 Å². The first-order chi connectivity index (χ1) is 6.54. The monoisotopic (exact) mass is 192 g/mol. The van der Waals surface area contributed by atoms with Crippen molar-refractivity contribution in [2.75, 3.05) is 11.6 Å². The van der Waals surface area contributed by atoms with Crippen molar-refractivity contribution in [1.29, 1.82) is 0 Å². The molecular formula is C9H12N4O. The number of aromatic nitrogens is 2. The van der Waals surface area contributed by atoms with Crippen LogP contribution in [0.3, 0.4) is 0 Å². The molecular weight excluding hydrogens is 180 g/mol. The minimum atomic E-state index is 0.198. The van der Waals surface area contributed by atoms with Gasteiger partial charge in [-0.15, -0.1) is 0 Å². The number of aromatic hydroxyl groups is 1. The Kier molecular flexibility index (Phi) is 1.57. The van der Waals surface area contributed by atoms with E-state index in [1.165, 1.54) is 11.0 Å². The normalized spacial score (nSPS) is 11.0. The summed E-state index contributed by atoms with van der Waals surface area (Å²) in [6, 6.07) is 0. The molecule has 1 heterocycles. The van der Waals surface area contributed by atoms with Gasteiger partial charge in [0.15, 0.2) is 0 Å². The van der Waals surface area contributed by atoms with E-state index < -0.39 is 0 Å². The molecule has 0 radical (unpaired) electrons. The maximum absolute atomic E-state index is 9.81. The third-order valence-corrected chi connectivity index (χ3v) is 2.63. The van der Waals surface area contributed by atoms with E-state index in [9.17, 15) is 5.11 Å². The molecule has 74 valence electrons. The fourth-order valence-corrected chi connectivity index (χ4v) is 1.56. The number of phenols is 1. The summed E-state index contributed by atoms with van der Waals surface area (Å²) in [4.78, 5) is 1.18. The maximum atomic E-state index is 9.81. The molecule has 0 fully saturated rings. The van der Waals surface area contributed by atoms with E-state index in [-0.39, 0.29) is 5.75 Å². The molecule has 0 aliphatic heterocycles. The van der Waals surface area contributed by atoms with Gasteiger partial charge < -0.3 is 16.7 Å². The number of nitrogens with two attached hydrogens (primary N) is 2. The molecule has 1 aromatic heterocycles. The Bertz CT molecular complexity index is 515. The zero-order valence-electron chi connectivity index (χ0n) is 8.07. The van der Waals surface area contributed by atoms with Gasteiger partial charge in [0.25, 0.3) is 0 Å². The van der Waals surface area contributed by atoms with Gasteiger partial charge in [-0.2, -0.15) is 9.89 Å². The van der Waals surface area contributed by atoms with Crippen molar-refractivity contribution in [3.8, 4) is 5.75 Å². The zero-order valence-corrected chi connectivity index (χ0v) is 8.07. The molecule has 0 saturated heterocycles. The Morgan fingerprint density at radius 2 is 2.00 bits per heavy atom. The SMILES string of the molecule is Cc1c(C)c(N)c2c(cnn2N)c1O. The minimum absolute atomic E-state index is 0.198. The van der Waals surface area contributed by atoms with Crippen molar-refractivity contribution >= 4 is 16.6 Å². The van der Waals surface area contributed by atoms with Gasteiger partial charge in [0.05, 0.1) is 17.3 Å². The predicted molar refractivity (Wildman–Crippen MR) is 55.4 cm³/mol. The van der Waals surface area contributed by atoms with Gasteiger partial charge in [0.2, 0.25) is 0 Å². The summed E-state index contributed by atoms with van der Waals surface area (Å²) in [5.41, 5.74) is 8.62. The summed E-state index contributed by atoms with van der Waals surface area (Å²) >= 11 is 0. The summed E-state index contributed by atoms with van der Waals surface area (Å²) in [5, 5.41) is 14.3. The molecule has 0 aliphatic rings. The van der Waals surface area contributed by atoms with Crippen LogP contribution < -0.4 is 11.6 Å². The molecule has 1 aromatic carbocycles. The van der Waals surface area contributed by atoms with E-state index in [4.69, 9.17) is 11.6 Å². The fourth-order valence-electron chi connectivity index (χ4n) is 1.56. The highest BCUT2D eigenvalue weighted by atomic mass is 16.3. The van der Waals surface area contributed by atoms with Gasteiger partial charge in [-0.05, 0) is 25.0 Å². The van der Waals surface area contributed by atoms with E-state index in [2.05, 4.69) is 5.10 Å². The number of rotatable bonds is 0. The van der Waals surface area contributed by atoms with E-state index in [1.54, 1.807) is 0 Å². The predicted octanol–water partition coefficient (Wildman–Crippen LogP) is 0.655. The van der Waals surface area contributed by atoms with Crippen LogP contribution in [0.1, 0.15) is 11.1 Å². The highest BCUT2D eigenvalue weighted by Gasteiger charge is 2.14. The van der Waals surface area contributed by atoms with Crippen LogP contribution in [0.2, 0.25) is 0 Å². The van der Waals surface area contributed by atoms with Crippen molar-refractivity contribution in [2.24, 2.45) is 0 Å². The largest absolute Gasteiger partial charge is 0.507 e. The lowest BCUT2D eigenvalue weighted by atomic mass is 10.0. The van der Waals surface area contributed by atoms with Crippen molar-refractivity contribution in [2.45, 2.75) is 13.8 Å². The summed E-state index contributed by atoms with van der Waals surface area (Å²) in [5.74, 6) is 5.78. The molecule has 14 heavy (non-hydrogen) atoms. The second-order valence-electron chi connectivity index (χ2n) is 3.36. The average molecular weight is 192 g/mol. The zero-order chi connectivity index (χ0) is 10.5. The molecule has 0 saturated carbocycles. The van der Waals surface area contributed by atoms with Crippen molar-refractivity contribution < 1.29 is 5.11 Å². The molecule has 0 amide bonds. The molecule has 5 N–H and O–H groups in total. The molecule has 2 rings (SSSR count). The molecule has 5 nitrogen and oxygen atoms in total. The smallest absolute Gasteiger partial charge is 0.129 e. The van der Waals surface area contributed by atoms with E-state index in [1.807, 2.05) is 13.8 Å².